The second-order valence-electron chi connectivity index (χ2n) is 5.28. The van der Waals surface area contributed by atoms with Crippen LogP contribution in [0.1, 0.15) is 37.4 Å². The van der Waals surface area contributed by atoms with Gasteiger partial charge >= 0.3 is 0 Å². The molecule has 2 aromatic heterocycles. The minimum absolute atomic E-state index is 0.530. The van der Waals surface area contributed by atoms with Gasteiger partial charge in [0.15, 0.2) is 0 Å². The molecule has 1 nitrogen and oxygen atoms in total. The molecule has 0 aromatic carbocycles. The van der Waals surface area contributed by atoms with Gasteiger partial charge in [-0.2, -0.15) is 11.3 Å². The Morgan fingerprint density at radius 3 is 3.05 bits per heavy atom. The SMILES string of the molecule is CC(Cc1ccsc1)NC1C[C@H](C)Sc2sccc21. The first-order valence-corrected chi connectivity index (χ1v) is 9.43. The lowest BCUT2D eigenvalue weighted by Crippen LogP contribution is -2.34. The van der Waals surface area contributed by atoms with Crippen LogP contribution in [0.5, 0.6) is 0 Å². The summed E-state index contributed by atoms with van der Waals surface area (Å²) in [6, 6.07) is 5.60. The van der Waals surface area contributed by atoms with E-state index in [2.05, 4.69) is 47.4 Å². The van der Waals surface area contributed by atoms with Gasteiger partial charge in [-0.1, -0.05) is 6.92 Å². The molecule has 0 amide bonds. The predicted molar refractivity (Wildman–Crippen MR) is 87.6 cm³/mol. The molecular weight excluding hydrogens is 290 g/mol. The topological polar surface area (TPSA) is 12.0 Å². The Balaban J connectivity index is 1.67. The van der Waals surface area contributed by atoms with Gasteiger partial charge in [-0.15, -0.1) is 23.1 Å². The van der Waals surface area contributed by atoms with E-state index in [4.69, 9.17) is 0 Å². The lowest BCUT2D eigenvalue weighted by atomic mass is 10.0. The molecule has 0 saturated carbocycles. The van der Waals surface area contributed by atoms with Crippen molar-refractivity contribution in [3.63, 3.8) is 0 Å². The summed E-state index contributed by atoms with van der Waals surface area (Å²) < 4.78 is 1.51. The van der Waals surface area contributed by atoms with Crippen LogP contribution < -0.4 is 5.32 Å². The quantitative estimate of drug-likeness (QED) is 0.857. The van der Waals surface area contributed by atoms with Crippen molar-refractivity contribution in [1.82, 2.24) is 5.32 Å². The molecule has 1 aliphatic rings. The Morgan fingerprint density at radius 1 is 1.37 bits per heavy atom. The minimum atomic E-state index is 0.530. The molecule has 0 saturated heterocycles. The fourth-order valence-electron chi connectivity index (χ4n) is 2.67. The van der Waals surface area contributed by atoms with Crippen LogP contribution in [0, 0.1) is 0 Å². The van der Waals surface area contributed by atoms with Crippen molar-refractivity contribution >= 4 is 34.4 Å². The average Bonchev–Trinajstić information content (AvgIpc) is 2.99. The third-order valence-electron chi connectivity index (χ3n) is 3.52. The van der Waals surface area contributed by atoms with Crippen LogP contribution in [-0.2, 0) is 6.42 Å². The summed E-state index contributed by atoms with van der Waals surface area (Å²) in [4.78, 5) is 0. The number of thioether (sulfide) groups is 1. The molecule has 1 aliphatic heterocycles. The zero-order valence-corrected chi connectivity index (χ0v) is 13.7. The highest BCUT2D eigenvalue weighted by Gasteiger charge is 2.26. The smallest absolute Gasteiger partial charge is 0.0649 e. The normalized spacial score (nSPS) is 24.1. The van der Waals surface area contributed by atoms with Gasteiger partial charge in [-0.05, 0) is 59.2 Å². The summed E-state index contributed by atoms with van der Waals surface area (Å²) in [7, 11) is 0. The molecule has 2 aromatic rings. The number of hydrogen-bond donors (Lipinski definition) is 1. The van der Waals surface area contributed by atoms with E-state index < -0.39 is 0 Å². The van der Waals surface area contributed by atoms with E-state index in [1.807, 2.05) is 23.1 Å². The zero-order valence-electron chi connectivity index (χ0n) is 11.3. The van der Waals surface area contributed by atoms with Crippen LogP contribution in [0.4, 0.5) is 0 Å². The summed E-state index contributed by atoms with van der Waals surface area (Å²) in [5.74, 6) is 0. The molecule has 102 valence electrons. The Labute approximate surface area is 127 Å². The number of thiophene rings is 2. The second kappa shape index (κ2) is 6.00. The Bertz CT molecular complexity index is 517. The van der Waals surface area contributed by atoms with Gasteiger partial charge in [0.05, 0.1) is 4.21 Å². The van der Waals surface area contributed by atoms with Gasteiger partial charge < -0.3 is 5.32 Å². The molecule has 1 N–H and O–H groups in total. The highest BCUT2D eigenvalue weighted by atomic mass is 32.2. The summed E-state index contributed by atoms with van der Waals surface area (Å²) in [5, 5.41) is 11.2. The maximum atomic E-state index is 3.83. The zero-order chi connectivity index (χ0) is 13.2. The van der Waals surface area contributed by atoms with Crippen LogP contribution in [0.25, 0.3) is 0 Å². The van der Waals surface area contributed by atoms with Gasteiger partial charge in [0, 0.05) is 17.3 Å². The number of hydrogen-bond acceptors (Lipinski definition) is 4. The van der Waals surface area contributed by atoms with Crippen molar-refractivity contribution in [2.75, 3.05) is 0 Å². The van der Waals surface area contributed by atoms with Crippen molar-refractivity contribution in [2.24, 2.45) is 0 Å². The van der Waals surface area contributed by atoms with Crippen molar-refractivity contribution in [3.8, 4) is 0 Å². The van der Waals surface area contributed by atoms with Crippen molar-refractivity contribution < 1.29 is 0 Å². The maximum absolute atomic E-state index is 3.83. The van der Waals surface area contributed by atoms with Gasteiger partial charge in [-0.25, -0.2) is 0 Å². The van der Waals surface area contributed by atoms with Gasteiger partial charge in [0.1, 0.15) is 0 Å². The average molecular weight is 310 g/mol. The minimum Gasteiger partial charge on any atom is -0.307 e. The van der Waals surface area contributed by atoms with E-state index in [9.17, 15) is 0 Å². The molecular formula is C15H19NS3. The molecule has 2 unspecified atom stereocenters. The molecule has 0 radical (unpaired) electrons. The fraction of sp³-hybridized carbons (Fsp3) is 0.467. The molecule has 0 fully saturated rings. The highest BCUT2D eigenvalue weighted by molar-refractivity contribution is 8.01. The van der Waals surface area contributed by atoms with E-state index in [1.165, 1.54) is 21.8 Å². The molecule has 3 atom stereocenters. The largest absolute Gasteiger partial charge is 0.307 e. The molecule has 0 spiro atoms. The lowest BCUT2D eigenvalue weighted by Gasteiger charge is -2.30. The molecule has 19 heavy (non-hydrogen) atoms. The number of fused-ring (bicyclic) bond motifs is 1. The fourth-order valence-corrected chi connectivity index (χ4v) is 5.92. The van der Waals surface area contributed by atoms with E-state index >= 15 is 0 Å². The Morgan fingerprint density at radius 2 is 2.26 bits per heavy atom. The van der Waals surface area contributed by atoms with Gasteiger partial charge in [0.25, 0.3) is 0 Å². The predicted octanol–water partition coefficient (Wildman–Crippen LogP) is 4.96. The Hall–Kier alpha value is -0.290. The van der Waals surface area contributed by atoms with Crippen LogP contribution >= 0.6 is 34.4 Å². The van der Waals surface area contributed by atoms with Crippen LogP contribution in [0.3, 0.4) is 0 Å². The van der Waals surface area contributed by atoms with Gasteiger partial charge in [-0.3, -0.25) is 0 Å². The monoisotopic (exact) mass is 309 g/mol. The van der Waals surface area contributed by atoms with Crippen LogP contribution in [0.2, 0.25) is 0 Å². The number of nitrogens with one attached hydrogen (secondary N) is 1. The number of rotatable bonds is 4. The third kappa shape index (κ3) is 3.24. The summed E-state index contributed by atoms with van der Waals surface area (Å²) in [6.07, 6.45) is 2.36. The first-order chi connectivity index (χ1) is 9.22. The highest BCUT2D eigenvalue weighted by Crippen LogP contribution is 2.43. The molecule has 0 bridgehead atoms. The first-order valence-electron chi connectivity index (χ1n) is 6.73. The van der Waals surface area contributed by atoms with Crippen molar-refractivity contribution in [3.05, 3.63) is 39.4 Å². The lowest BCUT2D eigenvalue weighted by molar-refractivity contribution is 0.425. The maximum Gasteiger partial charge on any atom is 0.0649 e. The van der Waals surface area contributed by atoms with E-state index in [-0.39, 0.29) is 0 Å². The molecule has 0 aliphatic carbocycles. The van der Waals surface area contributed by atoms with E-state index in [0.29, 0.717) is 12.1 Å². The summed E-state index contributed by atoms with van der Waals surface area (Å²) >= 11 is 5.71. The molecule has 3 heterocycles. The van der Waals surface area contributed by atoms with Crippen LogP contribution in [-0.4, -0.2) is 11.3 Å². The summed E-state index contributed by atoms with van der Waals surface area (Å²) in [5.41, 5.74) is 2.97. The van der Waals surface area contributed by atoms with Gasteiger partial charge in [0.2, 0.25) is 0 Å². The third-order valence-corrected chi connectivity index (χ3v) is 6.59. The van der Waals surface area contributed by atoms with Crippen LogP contribution in [0.15, 0.2) is 32.5 Å². The van der Waals surface area contributed by atoms with Crippen molar-refractivity contribution in [2.45, 2.75) is 48.2 Å². The van der Waals surface area contributed by atoms with Crippen molar-refractivity contribution in [1.29, 1.82) is 0 Å². The molecule has 3 rings (SSSR count). The second-order valence-corrected chi connectivity index (χ2v) is 8.69. The Kier molecular flexibility index (Phi) is 4.32. The first kappa shape index (κ1) is 13.7. The summed E-state index contributed by atoms with van der Waals surface area (Å²) in [6.45, 7) is 4.64. The van der Waals surface area contributed by atoms with E-state index in [0.717, 1.165) is 11.7 Å². The standard InChI is InChI=1S/C15H19NS3/c1-10(7-12-3-5-17-9-12)16-14-8-11(2)19-15-13(14)4-6-18-15/h3-6,9-11,14,16H,7-8H2,1-2H3/t10?,11-,14?/m0/s1. The molecule has 4 heteroatoms. The van der Waals surface area contributed by atoms with E-state index in [1.54, 1.807) is 11.3 Å².